The standard InChI is InChI=1S/C14H14N2O6/c1-20-11(17)7-16-14(19)10-6-4-3-5-9(10)13(15-16)22-8-12(18)21-2/h3-6H,7-8H2,1-2H3. The number of aromatic nitrogens is 2. The molecule has 1 aromatic heterocycles. The van der Waals surface area contributed by atoms with Crippen molar-refractivity contribution in [1.29, 1.82) is 0 Å². The van der Waals surface area contributed by atoms with Crippen molar-refractivity contribution in [3.63, 3.8) is 0 Å². The van der Waals surface area contributed by atoms with Gasteiger partial charge in [0.2, 0.25) is 5.88 Å². The molecule has 0 radical (unpaired) electrons. The molecule has 8 nitrogen and oxygen atoms in total. The molecule has 0 spiro atoms. The van der Waals surface area contributed by atoms with Gasteiger partial charge >= 0.3 is 11.9 Å². The molecule has 0 aliphatic carbocycles. The zero-order valence-corrected chi connectivity index (χ0v) is 12.1. The van der Waals surface area contributed by atoms with Gasteiger partial charge in [-0.05, 0) is 12.1 Å². The lowest BCUT2D eigenvalue weighted by atomic mass is 10.2. The highest BCUT2D eigenvalue weighted by molar-refractivity contribution is 5.86. The van der Waals surface area contributed by atoms with Gasteiger partial charge < -0.3 is 14.2 Å². The summed E-state index contributed by atoms with van der Waals surface area (Å²) in [5.41, 5.74) is -0.452. The first kappa shape index (κ1) is 15.5. The van der Waals surface area contributed by atoms with Crippen molar-refractivity contribution in [3.8, 4) is 5.88 Å². The summed E-state index contributed by atoms with van der Waals surface area (Å²) >= 11 is 0. The summed E-state index contributed by atoms with van der Waals surface area (Å²) in [5, 5.41) is 4.73. The summed E-state index contributed by atoms with van der Waals surface area (Å²) in [6, 6.07) is 6.60. The van der Waals surface area contributed by atoms with Gasteiger partial charge in [0, 0.05) is 0 Å². The van der Waals surface area contributed by atoms with Crippen molar-refractivity contribution in [2.45, 2.75) is 6.54 Å². The number of carbonyl (C=O) groups excluding carboxylic acids is 2. The number of hydrogen-bond donors (Lipinski definition) is 0. The second-order valence-electron chi connectivity index (χ2n) is 4.25. The van der Waals surface area contributed by atoms with Crippen LogP contribution in [0.2, 0.25) is 0 Å². The average molecular weight is 306 g/mol. The van der Waals surface area contributed by atoms with Gasteiger partial charge in [-0.2, -0.15) is 0 Å². The molecule has 0 aliphatic rings. The van der Waals surface area contributed by atoms with E-state index in [-0.39, 0.29) is 19.0 Å². The molecule has 8 heteroatoms. The molecular formula is C14H14N2O6. The number of hydrogen-bond acceptors (Lipinski definition) is 7. The summed E-state index contributed by atoms with van der Waals surface area (Å²) in [7, 11) is 2.44. The fourth-order valence-corrected chi connectivity index (χ4v) is 1.79. The van der Waals surface area contributed by atoms with Crippen molar-refractivity contribution in [1.82, 2.24) is 9.78 Å². The van der Waals surface area contributed by atoms with Crippen LogP contribution in [0.15, 0.2) is 29.1 Å². The van der Waals surface area contributed by atoms with Crippen LogP contribution in [0.3, 0.4) is 0 Å². The third-order valence-corrected chi connectivity index (χ3v) is 2.89. The van der Waals surface area contributed by atoms with Gasteiger partial charge in [-0.3, -0.25) is 9.59 Å². The molecule has 0 amide bonds. The maximum Gasteiger partial charge on any atom is 0.343 e. The summed E-state index contributed by atoms with van der Waals surface area (Å²) < 4.78 is 15.2. The Kier molecular flexibility index (Phi) is 4.72. The minimum absolute atomic E-state index is 0.0597. The highest BCUT2D eigenvalue weighted by Crippen LogP contribution is 2.19. The normalized spacial score (nSPS) is 10.3. The molecule has 2 aromatic rings. The van der Waals surface area contributed by atoms with Crippen molar-refractivity contribution >= 4 is 22.7 Å². The van der Waals surface area contributed by atoms with E-state index >= 15 is 0 Å². The number of fused-ring (bicyclic) bond motifs is 1. The van der Waals surface area contributed by atoms with Crippen molar-refractivity contribution in [2.24, 2.45) is 0 Å². The third kappa shape index (κ3) is 3.22. The number of benzene rings is 1. The van der Waals surface area contributed by atoms with E-state index in [2.05, 4.69) is 14.6 Å². The van der Waals surface area contributed by atoms with Gasteiger partial charge in [0.25, 0.3) is 5.56 Å². The first-order chi connectivity index (χ1) is 10.6. The Bertz CT molecular complexity index is 768. The van der Waals surface area contributed by atoms with Crippen molar-refractivity contribution < 1.29 is 23.8 Å². The molecule has 0 atom stereocenters. The highest BCUT2D eigenvalue weighted by Gasteiger charge is 2.14. The van der Waals surface area contributed by atoms with Crippen molar-refractivity contribution in [3.05, 3.63) is 34.6 Å². The van der Waals surface area contributed by atoms with Crippen LogP contribution in [-0.2, 0) is 25.6 Å². The Morgan fingerprint density at radius 1 is 1.09 bits per heavy atom. The SMILES string of the molecule is COC(=O)COc1nn(CC(=O)OC)c(=O)c2ccccc12. The van der Waals surface area contributed by atoms with Crippen LogP contribution in [0.25, 0.3) is 10.8 Å². The molecule has 1 heterocycles. The lowest BCUT2D eigenvalue weighted by molar-refractivity contribution is -0.143. The molecular weight excluding hydrogens is 292 g/mol. The first-order valence-electron chi connectivity index (χ1n) is 6.33. The van der Waals surface area contributed by atoms with E-state index in [1.807, 2.05) is 0 Å². The lowest BCUT2D eigenvalue weighted by Gasteiger charge is -2.10. The fraction of sp³-hybridized carbons (Fsp3) is 0.286. The lowest BCUT2D eigenvalue weighted by Crippen LogP contribution is -2.28. The van der Waals surface area contributed by atoms with Crippen molar-refractivity contribution in [2.75, 3.05) is 20.8 Å². The number of nitrogens with zero attached hydrogens (tertiary/aromatic N) is 2. The number of rotatable bonds is 5. The van der Waals surface area contributed by atoms with E-state index in [4.69, 9.17) is 4.74 Å². The zero-order chi connectivity index (χ0) is 16.1. The molecule has 0 saturated heterocycles. The van der Waals surface area contributed by atoms with Crippen LogP contribution in [0.1, 0.15) is 0 Å². The van der Waals surface area contributed by atoms with Gasteiger partial charge in [0.15, 0.2) is 6.61 Å². The summed E-state index contributed by atoms with van der Waals surface area (Å²) in [6.07, 6.45) is 0. The topological polar surface area (TPSA) is 96.7 Å². The van der Waals surface area contributed by atoms with E-state index < -0.39 is 17.5 Å². The third-order valence-electron chi connectivity index (χ3n) is 2.89. The Labute approximate surface area is 125 Å². The van der Waals surface area contributed by atoms with Crippen LogP contribution >= 0.6 is 0 Å². The number of carbonyl (C=O) groups is 2. The second-order valence-corrected chi connectivity index (χ2v) is 4.25. The predicted molar refractivity (Wildman–Crippen MR) is 75.5 cm³/mol. The molecule has 116 valence electrons. The Morgan fingerprint density at radius 3 is 2.36 bits per heavy atom. The number of esters is 2. The Hall–Kier alpha value is -2.90. The Balaban J connectivity index is 2.48. The van der Waals surface area contributed by atoms with Gasteiger partial charge in [0.05, 0.1) is 25.0 Å². The fourth-order valence-electron chi connectivity index (χ4n) is 1.79. The number of ether oxygens (including phenoxy) is 3. The zero-order valence-electron chi connectivity index (χ0n) is 12.1. The molecule has 0 bridgehead atoms. The predicted octanol–water partition coefficient (Wildman–Crippen LogP) is 0.121. The van der Waals surface area contributed by atoms with E-state index in [9.17, 15) is 14.4 Å². The highest BCUT2D eigenvalue weighted by atomic mass is 16.6. The maximum atomic E-state index is 12.3. The van der Waals surface area contributed by atoms with Crippen LogP contribution in [0.5, 0.6) is 5.88 Å². The van der Waals surface area contributed by atoms with E-state index in [0.717, 1.165) is 4.68 Å². The summed E-state index contributed by atoms with van der Waals surface area (Å²) in [4.78, 5) is 34.8. The smallest absolute Gasteiger partial charge is 0.343 e. The first-order valence-corrected chi connectivity index (χ1v) is 6.33. The molecule has 0 unspecified atom stereocenters. The molecule has 0 aliphatic heterocycles. The quantitative estimate of drug-likeness (QED) is 0.724. The molecule has 1 aromatic carbocycles. The molecule has 0 saturated carbocycles. The van der Waals surface area contributed by atoms with Crippen LogP contribution in [0.4, 0.5) is 0 Å². The van der Waals surface area contributed by atoms with Crippen LogP contribution < -0.4 is 10.3 Å². The Morgan fingerprint density at radius 2 is 1.73 bits per heavy atom. The van der Waals surface area contributed by atoms with E-state index in [1.165, 1.54) is 14.2 Å². The van der Waals surface area contributed by atoms with Gasteiger partial charge in [-0.25, -0.2) is 9.48 Å². The summed E-state index contributed by atoms with van der Waals surface area (Å²) in [5.74, 6) is -1.15. The van der Waals surface area contributed by atoms with Gasteiger partial charge in [-0.1, -0.05) is 12.1 Å². The minimum Gasteiger partial charge on any atom is -0.468 e. The second kappa shape index (κ2) is 6.70. The van der Waals surface area contributed by atoms with E-state index in [0.29, 0.717) is 10.8 Å². The molecule has 22 heavy (non-hydrogen) atoms. The average Bonchev–Trinajstić information content (AvgIpc) is 2.55. The minimum atomic E-state index is -0.621. The summed E-state index contributed by atoms with van der Waals surface area (Å²) in [6.45, 7) is -0.710. The monoisotopic (exact) mass is 306 g/mol. The maximum absolute atomic E-state index is 12.3. The van der Waals surface area contributed by atoms with Gasteiger partial charge in [-0.15, -0.1) is 5.10 Å². The molecule has 0 fully saturated rings. The van der Waals surface area contributed by atoms with E-state index in [1.54, 1.807) is 24.3 Å². The van der Waals surface area contributed by atoms with Gasteiger partial charge in [0.1, 0.15) is 6.54 Å². The van der Waals surface area contributed by atoms with Crippen LogP contribution in [-0.4, -0.2) is 42.5 Å². The van der Waals surface area contributed by atoms with Crippen LogP contribution in [0, 0.1) is 0 Å². The molecule has 2 rings (SSSR count). The number of methoxy groups -OCH3 is 2. The largest absolute Gasteiger partial charge is 0.468 e. The molecule has 0 N–H and O–H groups in total.